The van der Waals surface area contributed by atoms with Crippen LogP contribution in [0.2, 0.25) is 0 Å². The Balaban J connectivity index is 1.30. The molecule has 1 aliphatic heterocycles. The van der Waals surface area contributed by atoms with E-state index < -0.39 is 18.1 Å². The SMILES string of the molecule is O=C(O)[C@H]1[C@@H](Cc2ccccc2)CCN1C(=O)OCC1c2ccccc2-c2ccccc21. The van der Waals surface area contributed by atoms with E-state index in [0.717, 1.165) is 27.8 Å². The van der Waals surface area contributed by atoms with Crippen LogP contribution in [0, 0.1) is 5.92 Å². The lowest BCUT2D eigenvalue weighted by Gasteiger charge is -2.25. The minimum absolute atomic E-state index is 0.0441. The van der Waals surface area contributed by atoms with Crippen molar-refractivity contribution in [3.63, 3.8) is 0 Å². The van der Waals surface area contributed by atoms with Crippen LogP contribution in [0.25, 0.3) is 11.1 Å². The maximum atomic E-state index is 13.0. The highest BCUT2D eigenvalue weighted by Crippen LogP contribution is 2.44. The van der Waals surface area contributed by atoms with E-state index in [9.17, 15) is 14.7 Å². The van der Waals surface area contributed by atoms with Crippen molar-refractivity contribution in [2.45, 2.75) is 24.8 Å². The van der Waals surface area contributed by atoms with E-state index in [0.29, 0.717) is 19.4 Å². The van der Waals surface area contributed by atoms with Gasteiger partial charge in [-0.15, -0.1) is 0 Å². The minimum Gasteiger partial charge on any atom is -0.480 e. The zero-order valence-corrected chi connectivity index (χ0v) is 17.7. The second-order valence-electron chi connectivity index (χ2n) is 8.52. The Hall–Kier alpha value is -3.60. The van der Waals surface area contributed by atoms with Gasteiger partial charge < -0.3 is 9.84 Å². The molecule has 5 heteroatoms. The number of ether oxygens (including phenoxy) is 1. The Morgan fingerprint density at radius 1 is 0.875 bits per heavy atom. The van der Waals surface area contributed by atoms with Crippen LogP contribution >= 0.6 is 0 Å². The Kier molecular flexibility index (Phi) is 5.39. The molecule has 5 rings (SSSR count). The highest BCUT2D eigenvalue weighted by atomic mass is 16.6. The molecule has 0 saturated carbocycles. The Morgan fingerprint density at radius 2 is 1.47 bits per heavy atom. The number of carboxylic acid groups (broad SMARTS) is 1. The lowest BCUT2D eigenvalue weighted by atomic mass is 9.92. The molecule has 3 aromatic carbocycles. The first-order chi connectivity index (χ1) is 15.6. The average Bonchev–Trinajstić information content (AvgIpc) is 3.38. The molecule has 0 unspecified atom stereocenters. The first-order valence-electron chi connectivity index (χ1n) is 11.0. The van der Waals surface area contributed by atoms with Gasteiger partial charge in [0.25, 0.3) is 0 Å². The summed E-state index contributed by atoms with van der Waals surface area (Å²) in [6, 6.07) is 25.3. The molecule has 0 aromatic heterocycles. The van der Waals surface area contributed by atoms with E-state index >= 15 is 0 Å². The molecule has 0 bridgehead atoms. The fourth-order valence-corrected chi connectivity index (χ4v) is 5.20. The number of hydrogen-bond donors (Lipinski definition) is 1. The highest BCUT2D eigenvalue weighted by Gasteiger charge is 2.43. The van der Waals surface area contributed by atoms with Crippen LogP contribution in [0.5, 0.6) is 0 Å². The molecular weight excluding hydrogens is 402 g/mol. The average molecular weight is 428 g/mol. The van der Waals surface area contributed by atoms with E-state index in [1.807, 2.05) is 54.6 Å². The van der Waals surface area contributed by atoms with Gasteiger partial charge in [0.15, 0.2) is 0 Å². The lowest BCUT2D eigenvalue weighted by molar-refractivity contribution is -0.143. The predicted octanol–water partition coefficient (Wildman–Crippen LogP) is 4.95. The molecule has 1 N–H and O–H groups in total. The van der Waals surface area contributed by atoms with E-state index in [2.05, 4.69) is 24.3 Å². The standard InChI is InChI=1S/C27H25NO4/c29-26(30)25-19(16-18-8-2-1-3-9-18)14-15-28(25)27(31)32-17-24-22-12-6-4-10-20(22)21-11-5-7-13-23(21)24/h1-13,19,24-25H,14-17H2,(H,29,30)/t19-,25-/m1/s1. The number of carbonyl (C=O) groups is 2. The normalized spacial score (nSPS) is 19.4. The monoisotopic (exact) mass is 427 g/mol. The van der Waals surface area contributed by atoms with Gasteiger partial charge in [-0.3, -0.25) is 4.90 Å². The smallest absolute Gasteiger partial charge is 0.410 e. The molecule has 1 amide bonds. The fraction of sp³-hybridized carbons (Fsp3) is 0.259. The maximum Gasteiger partial charge on any atom is 0.410 e. The number of carbonyl (C=O) groups excluding carboxylic acids is 1. The number of carboxylic acids is 1. The molecule has 2 aliphatic rings. The van der Waals surface area contributed by atoms with E-state index in [-0.39, 0.29) is 18.4 Å². The van der Waals surface area contributed by atoms with Gasteiger partial charge in [0.1, 0.15) is 12.6 Å². The van der Waals surface area contributed by atoms with Crippen LogP contribution in [0.3, 0.4) is 0 Å². The largest absolute Gasteiger partial charge is 0.480 e. The summed E-state index contributed by atoms with van der Waals surface area (Å²) in [5, 5.41) is 9.87. The molecule has 1 saturated heterocycles. The van der Waals surface area contributed by atoms with Crippen LogP contribution in [-0.4, -0.2) is 41.3 Å². The number of fused-ring (bicyclic) bond motifs is 3. The summed E-state index contributed by atoms with van der Waals surface area (Å²) in [6.45, 7) is 0.587. The van der Waals surface area contributed by atoms with Crippen molar-refractivity contribution >= 4 is 12.1 Å². The number of benzene rings is 3. The topological polar surface area (TPSA) is 66.8 Å². The van der Waals surface area contributed by atoms with Gasteiger partial charge in [0, 0.05) is 12.5 Å². The third kappa shape index (κ3) is 3.64. The zero-order chi connectivity index (χ0) is 22.1. The zero-order valence-electron chi connectivity index (χ0n) is 17.7. The number of amides is 1. The second-order valence-corrected chi connectivity index (χ2v) is 8.52. The molecule has 0 spiro atoms. The van der Waals surface area contributed by atoms with Crippen molar-refractivity contribution in [2.24, 2.45) is 5.92 Å². The van der Waals surface area contributed by atoms with Crippen LogP contribution < -0.4 is 0 Å². The predicted molar refractivity (Wildman–Crippen MR) is 121 cm³/mol. The van der Waals surface area contributed by atoms with Crippen molar-refractivity contribution in [1.29, 1.82) is 0 Å². The van der Waals surface area contributed by atoms with Gasteiger partial charge in [-0.1, -0.05) is 78.9 Å². The number of hydrogen-bond acceptors (Lipinski definition) is 3. The van der Waals surface area contributed by atoms with Crippen molar-refractivity contribution < 1.29 is 19.4 Å². The first-order valence-corrected chi connectivity index (χ1v) is 11.0. The second kappa shape index (κ2) is 8.50. The maximum absolute atomic E-state index is 13.0. The van der Waals surface area contributed by atoms with E-state index in [1.165, 1.54) is 4.90 Å². The molecule has 0 radical (unpaired) electrons. The van der Waals surface area contributed by atoms with Gasteiger partial charge in [0.2, 0.25) is 0 Å². The summed E-state index contributed by atoms with van der Waals surface area (Å²) in [5.41, 5.74) is 5.69. The summed E-state index contributed by atoms with van der Waals surface area (Å²) in [7, 11) is 0. The fourth-order valence-electron chi connectivity index (χ4n) is 5.20. The van der Waals surface area contributed by atoms with Crippen molar-refractivity contribution in [3.05, 3.63) is 95.6 Å². The molecule has 162 valence electrons. The number of aliphatic carboxylic acids is 1. The Bertz CT molecular complexity index is 1100. The third-order valence-electron chi connectivity index (χ3n) is 6.69. The van der Waals surface area contributed by atoms with Gasteiger partial charge >= 0.3 is 12.1 Å². The van der Waals surface area contributed by atoms with Crippen molar-refractivity contribution in [1.82, 2.24) is 4.90 Å². The minimum atomic E-state index is -0.975. The first kappa shape index (κ1) is 20.3. The Labute approximate surface area is 187 Å². The Morgan fingerprint density at radius 3 is 2.09 bits per heavy atom. The van der Waals surface area contributed by atoms with Gasteiger partial charge in [-0.05, 0) is 46.6 Å². The van der Waals surface area contributed by atoms with E-state index in [1.54, 1.807) is 0 Å². The van der Waals surface area contributed by atoms with Gasteiger partial charge in [-0.2, -0.15) is 0 Å². The van der Waals surface area contributed by atoms with Crippen LogP contribution in [0.15, 0.2) is 78.9 Å². The lowest BCUT2D eigenvalue weighted by Crippen LogP contribution is -2.44. The quantitative estimate of drug-likeness (QED) is 0.625. The number of rotatable bonds is 5. The third-order valence-corrected chi connectivity index (χ3v) is 6.69. The van der Waals surface area contributed by atoms with Crippen molar-refractivity contribution in [3.8, 4) is 11.1 Å². The summed E-state index contributed by atoms with van der Waals surface area (Å²) >= 11 is 0. The number of nitrogens with zero attached hydrogens (tertiary/aromatic N) is 1. The molecule has 2 atom stereocenters. The van der Waals surface area contributed by atoms with E-state index in [4.69, 9.17) is 4.74 Å². The molecule has 32 heavy (non-hydrogen) atoms. The van der Waals surface area contributed by atoms with Crippen LogP contribution in [0.1, 0.15) is 29.0 Å². The van der Waals surface area contributed by atoms with Crippen LogP contribution in [-0.2, 0) is 16.0 Å². The molecule has 3 aromatic rings. The molecule has 1 aliphatic carbocycles. The molecule has 5 nitrogen and oxygen atoms in total. The van der Waals surface area contributed by atoms with Crippen LogP contribution in [0.4, 0.5) is 4.79 Å². The van der Waals surface area contributed by atoms with Gasteiger partial charge in [0.05, 0.1) is 0 Å². The highest BCUT2D eigenvalue weighted by molar-refractivity contribution is 5.82. The summed E-state index contributed by atoms with van der Waals surface area (Å²) < 4.78 is 5.73. The number of likely N-dealkylation sites (tertiary alicyclic amines) is 1. The summed E-state index contributed by atoms with van der Waals surface area (Å²) in [4.78, 5) is 26.4. The molecular formula is C27H25NO4. The summed E-state index contributed by atoms with van der Waals surface area (Å²) in [5.74, 6) is -1.15. The molecule has 1 heterocycles. The van der Waals surface area contributed by atoms with Crippen molar-refractivity contribution in [2.75, 3.05) is 13.2 Å². The summed E-state index contributed by atoms with van der Waals surface area (Å²) in [6.07, 6.45) is 0.732. The molecule has 1 fully saturated rings. The van der Waals surface area contributed by atoms with Gasteiger partial charge in [-0.25, -0.2) is 9.59 Å².